The molecular weight excluding hydrogens is 388 g/mol. The number of nitrogens with zero attached hydrogens (tertiary/aromatic N) is 3. The molecule has 0 spiro atoms. The lowest BCUT2D eigenvalue weighted by Gasteiger charge is -2.34. The van der Waals surface area contributed by atoms with Gasteiger partial charge in [-0.15, -0.1) is 0 Å². The molecule has 0 aliphatic carbocycles. The molecule has 2 aromatic rings. The lowest BCUT2D eigenvalue weighted by Crippen LogP contribution is -2.52. The molecule has 1 atom stereocenters. The zero-order chi connectivity index (χ0) is 20.9. The van der Waals surface area contributed by atoms with Crippen LogP contribution < -0.4 is 5.32 Å². The predicted molar refractivity (Wildman–Crippen MR) is 109 cm³/mol. The summed E-state index contributed by atoms with van der Waals surface area (Å²) >= 11 is 0. The van der Waals surface area contributed by atoms with Gasteiger partial charge in [0.05, 0.1) is 17.0 Å². The molecule has 1 heterocycles. The first-order valence-electron chi connectivity index (χ1n) is 9.49. The van der Waals surface area contributed by atoms with E-state index >= 15 is 0 Å². The summed E-state index contributed by atoms with van der Waals surface area (Å²) < 4.78 is 27.1. The Labute approximate surface area is 171 Å². The van der Waals surface area contributed by atoms with Crippen LogP contribution in [-0.4, -0.2) is 56.3 Å². The van der Waals surface area contributed by atoms with Crippen molar-refractivity contribution in [1.29, 1.82) is 5.26 Å². The highest BCUT2D eigenvalue weighted by molar-refractivity contribution is 7.89. The van der Waals surface area contributed by atoms with Gasteiger partial charge >= 0.3 is 0 Å². The number of carbonyl (C=O) groups excluding carboxylic acids is 1. The maximum absolute atomic E-state index is 12.9. The smallest absolute Gasteiger partial charge is 0.244 e. The molecule has 1 amide bonds. The third kappa shape index (κ3) is 4.82. The fourth-order valence-corrected chi connectivity index (χ4v) is 4.88. The Bertz CT molecular complexity index is 994. The van der Waals surface area contributed by atoms with Crippen LogP contribution in [0, 0.1) is 11.3 Å². The lowest BCUT2D eigenvalue weighted by atomic mass is 10.1. The maximum Gasteiger partial charge on any atom is 0.244 e. The van der Waals surface area contributed by atoms with Crippen molar-refractivity contribution in [3.05, 3.63) is 65.7 Å². The van der Waals surface area contributed by atoms with Crippen molar-refractivity contribution in [3.63, 3.8) is 0 Å². The lowest BCUT2D eigenvalue weighted by molar-refractivity contribution is -0.131. The molecule has 7 nitrogen and oxygen atoms in total. The number of carbonyl (C=O) groups is 1. The zero-order valence-corrected chi connectivity index (χ0v) is 17.1. The summed E-state index contributed by atoms with van der Waals surface area (Å²) in [5, 5.41) is 12.4. The van der Waals surface area contributed by atoms with Crippen LogP contribution in [0.4, 0.5) is 0 Å². The van der Waals surface area contributed by atoms with E-state index < -0.39 is 10.0 Å². The van der Waals surface area contributed by atoms with Gasteiger partial charge in [-0.25, -0.2) is 8.42 Å². The Morgan fingerprint density at radius 2 is 1.69 bits per heavy atom. The van der Waals surface area contributed by atoms with E-state index in [1.165, 1.54) is 16.4 Å². The summed E-state index contributed by atoms with van der Waals surface area (Å²) in [5.41, 5.74) is 1.23. The van der Waals surface area contributed by atoms with Crippen LogP contribution in [-0.2, 0) is 14.8 Å². The Morgan fingerprint density at radius 3 is 2.34 bits per heavy atom. The van der Waals surface area contributed by atoms with Crippen LogP contribution in [0.25, 0.3) is 0 Å². The largest absolute Gasteiger partial charge is 0.339 e. The molecule has 2 aromatic carbocycles. The fraction of sp³-hybridized carbons (Fsp3) is 0.333. The molecule has 1 N–H and O–H groups in total. The highest BCUT2D eigenvalue weighted by atomic mass is 32.2. The van der Waals surface area contributed by atoms with Gasteiger partial charge in [-0.05, 0) is 24.6 Å². The Hall–Kier alpha value is -2.73. The summed E-state index contributed by atoms with van der Waals surface area (Å²) in [4.78, 5) is 14.2. The first kappa shape index (κ1) is 21.0. The number of nitrogens with one attached hydrogen (secondary N) is 1. The Balaban J connectivity index is 1.56. The number of rotatable bonds is 6. The first-order chi connectivity index (χ1) is 13.9. The third-order valence-electron chi connectivity index (χ3n) is 5.08. The number of benzene rings is 2. The van der Waals surface area contributed by atoms with Gasteiger partial charge in [0.2, 0.25) is 15.9 Å². The van der Waals surface area contributed by atoms with E-state index in [4.69, 9.17) is 0 Å². The molecule has 152 valence electrons. The normalized spacial score (nSPS) is 16.2. The molecule has 29 heavy (non-hydrogen) atoms. The van der Waals surface area contributed by atoms with Crippen LogP contribution in [0.1, 0.15) is 24.1 Å². The van der Waals surface area contributed by atoms with Crippen LogP contribution in [0.5, 0.6) is 0 Å². The van der Waals surface area contributed by atoms with E-state index in [1.807, 2.05) is 43.3 Å². The number of hydrogen-bond donors (Lipinski definition) is 1. The maximum atomic E-state index is 12.9. The van der Waals surface area contributed by atoms with Crippen molar-refractivity contribution in [2.24, 2.45) is 0 Å². The van der Waals surface area contributed by atoms with E-state index in [2.05, 4.69) is 5.32 Å². The zero-order valence-electron chi connectivity index (χ0n) is 16.3. The topological polar surface area (TPSA) is 93.5 Å². The van der Waals surface area contributed by atoms with Crippen molar-refractivity contribution in [3.8, 4) is 6.07 Å². The van der Waals surface area contributed by atoms with Gasteiger partial charge in [0, 0.05) is 32.2 Å². The average Bonchev–Trinajstić information content (AvgIpc) is 2.77. The van der Waals surface area contributed by atoms with E-state index in [1.54, 1.807) is 17.0 Å². The number of nitriles is 1. The summed E-state index contributed by atoms with van der Waals surface area (Å²) in [5.74, 6) is -0.0535. The van der Waals surface area contributed by atoms with Gasteiger partial charge in [0.15, 0.2) is 0 Å². The molecule has 0 unspecified atom stereocenters. The molecule has 0 aromatic heterocycles. The van der Waals surface area contributed by atoms with Crippen LogP contribution in [0.3, 0.4) is 0 Å². The SMILES string of the molecule is C[C@H](NCC(=O)N1CCN(S(=O)(=O)c2ccccc2C#N)CC1)c1ccccc1. The minimum atomic E-state index is -3.76. The Kier molecular flexibility index (Phi) is 6.64. The summed E-state index contributed by atoms with van der Waals surface area (Å²) in [6.07, 6.45) is 0. The summed E-state index contributed by atoms with van der Waals surface area (Å²) in [6, 6.07) is 18.0. The second-order valence-corrected chi connectivity index (χ2v) is 8.81. The molecule has 0 saturated carbocycles. The van der Waals surface area contributed by atoms with Crippen LogP contribution in [0.2, 0.25) is 0 Å². The standard InChI is InChI=1S/C21H24N4O3S/c1-17(18-7-3-2-4-8-18)23-16-21(26)24-11-13-25(14-12-24)29(27,28)20-10-6-5-9-19(20)15-22/h2-10,17,23H,11-14,16H2,1H3/t17-/m0/s1. The molecule has 8 heteroatoms. The van der Waals surface area contributed by atoms with Gasteiger partial charge in [-0.2, -0.15) is 9.57 Å². The van der Waals surface area contributed by atoms with Gasteiger partial charge in [-0.1, -0.05) is 42.5 Å². The van der Waals surface area contributed by atoms with Crippen molar-refractivity contribution in [2.45, 2.75) is 17.9 Å². The molecule has 1 fully saturated rings. The van der Waals surface area contributed by atoms with Crippen molar-refractivity contribution in [1.82, 2.24) is 14.5 Å². The highest BCUT2D eigenvalue weighted by Crippen LogP contribution is 2.21. The van der Waals surface area contributed by atoms with E-state index in [-0.39, 0.29) is 42.0 Å². The van der Waals surface area contributed by atoms with Crippen molar-refractivity contribution >= 4 is 15.9 Å². The van der Waals surface area contributed by atoms with Crippen molar-refractivity contribution in [2.75, 3.05) is 32.7 Å². The van der Waals surface area contributed by atoms with Gasteiger partial charge in [-0.3, -0.25) is 4.79 Å². The number of amides is 1. The van der Waals surface area contributed by atoms with Gasteiger partial charge in [0.25, 0.3) is 0 Å². The molecule has 3 rings (SSSR count). The summed E-state index contributed by atoms with van der Waals surface area (Å²) in [6.45, 7) is 3.27. The summed E-state index contributed by atoms with van der Waals surface area (Å²) in [7, 11) is -3.76. The second kappa shape index (κ2) is 9.18. The Morgan fingerprint density at radius 1 is 1.07 bits per heavy atom. The molecule has 1 saturated heterocycles. The first-order valence-corrected chi connectivity index (χ1v) is 10.9. The van der Waals surface area contributed by atoms with E-state index in [0.717, 1.165) is 5.56 Å². The minimum absolute atomic E-state index is 0.0145. The molecular formula is C21H24N4O3S. The number of piperazine rings is 1. The van der Waals surface area contributed by atoms with Crippen molar-refractivity contribution < 1.29 is 13.2 Å². The van der Waals surface area contributed by atoms with Crippen LogP contribution >= 0.6 is 0 Å². The highest BCUT2D eigenvalue weighted by Gasteiger charge is 2.31. The quantitative estimate of drug-likeness (QED) is 0.780. The van der Waals surface area contributed by atoms with E-state index in [9.17, 15) is 18.5 Å². The number of sulfonamides is 1. The molecule has 0 radical (unpaired) electrons. The molecule has 1 aliphatic rings. The number of hydrogen-bond acceptors (Lipinski definition) is 5. The van der Waals surface area contributed by atoms with E-state index in [0.29, 0.717) is 13.1 Å². The van der Waals surface area contributed by atoms with Gasteiger partial charge < -0.3 is 10.2 Å². The predicted octanol–water partition coefficient (Wildman–Crippen LogP) is 1.74. The van der Waals surface area contributed by atoms with Crippen LogP contribution in [0.15, 0.2) is 59.5 Å². The minimum Gasteiger partial charge on any atom is -0.339 e. The van der Waals surface area contributed by atoms with Gasteiger partial charge in [0.1, 0.15) is 6.07 Å². The molecule has 0 bridgehead atoms. The third-order valence-corrected chi connectivity index (χ3v) is 7.03. The monoisotopic (exact) mass is 412 g/mol. The molecule has 1 aliphatic heterocycles. The fourth-order valence-electron chi connectivity index (χ4n) is 3.31. The average molecular weight is 413 g/mol. The second-order valence-electron chi connectivity index (χ2n) is 6.91.